The monoisotopic (exact) mass is 424 g/mol. The molecular formula is C24H32N4O3. The number of hydrogen-bond donors (Lipinski definition) is 3. The van der Waals surface area contributed by atoms with E-state index in [4.69, 9.17) is 4.74 Å². The van der Waals surface area contributed by atoms with Crippen molar-refractivity contribution in [1.82, 2.24) is 15.5 Å². The standard InChI is InChI=1S/C24H32N4O3/c1-6-8-10-17(7-2)13-21(28-23(30)31-24(3,4)5)22(29)27-20-12-9-11-18(14-20)19-15-25-26-16-19/h6,8-12,14-16,21H,7,13H2,1-5H3,(H,25,26)(H,27,29)(H,28,30)/b8-6-,17-10+. The maximum atomic E-state index is 13.1. The molecular weight excluding hydrogens is 392 g/mol. The molecule has 3 N–H and O–H groups in total. The number of amides is 2. The van der Waals surface area contributed by atoms with E-state index in [1.165, 1.54) is 0 Å². The van der Waals surface area contributed by atoms with Gasteiger partial charge in [0.15, 0.2) is 0 Å². The number of nitrogens with zero attached hydrogens (tertiary/aromatic N) is 1. The summed E-state index contributed by atoms with van der Waals surface area (Å²) in [5.74, 6) is -0.310. The van der Waals surface area contributed by atoms with Gasteiger partial charge >= 0.3 is 6.09 Å². The van der Waals surface area contributed by atoms with Crippen LogP contribution in [0, 0.1) is 0 Å². The predicted molar refractivity (Wildman–Crippen MR) is 124 cm³/mol. The van der Waals surface area contributed by atoms with Crippen molar-refractivity contribution in [3.05, 3.63) is 60.5 Å². The highest BCUT2D eigenvalue weighted by Crippen LogP contribution is 2.22. The Labute approximate surface area is 184 Å². The van der Waals surface area contributed by atoms with Gasteiger partial charge in [0, 0.05) is 17.4 Å². The number of ether oxygens (including phenoxy) is 1. The normalized spacial score (nSPS) is 13.1. The molecule has 0 aliphatic heterocycles. The number of anilines is 1. The number of H-pyrrole nitrogens is 1. The lowest BCUT2D eigenvalue weighted by Crippen LogP contribution is -2.46. The molecule has 166 valence electrons. The molecule has 7 nitrogen and oxygen atoms in total. The molecule has 7 heteroatoms. The van der Waals surface area contributed by atoms with Crippen molar-refractivity contribution in [3.63, 3.8) is 0 Å². The summed E-state index contributed by atoms with van der Waals surface area (Å²) < 4.78 is 5.36. The van der Waals surface area contributed by atoms with Gasteiger partial charge in [0.2, 0.25) is 5.91 Å². The average molecular weight is 425 g/mol. The summed E-state index contributed by atoms with van der Waals surface area (Å²) in [6.07, 6.45) is 9.84. The van der Waals surface area contributed by atoms with Gasteiger partial charge in [0.05, 0.1) is 6.20 Å². The molecule has 0 aliphatic rings. The third kappa shape index (κ3) is 8.12. The van der Waals surface area contributed by atoms with Crippen LogP contribution in [0.1, 0.15) is 47.5 Å². The van der Waals surface area contributed by atoms with Gasteiger partial charge in [-0.25, -0.2) is 4.79 Å². The van der Waals surface area contributed by atoms with Crippen molar-refractivity contribution >= 4 is 17.7 Å². The summed E-state index contributed by atoms with van der Waals surface area (Å²) in [6.45, 7) is 9.30. The number of rotatable bonds is 8. The molecule has 0 aliphatic carbocycles. The molecule has 1 aromatic heterocycles. The quantitative estimate of drug-likeness (QED) is 0.507. The van der Waals surface area contributed by atoms with Gasteiger partial charge in [-0.1, -0.05) is 42.9 Å². The predicted octanol–water partition coefficient (Wildman–Crippen LogP) is 5.21. The molecule has 2 amide bonds. The lowest BCUT2D eigenvalue weighted by atomic mass is 10.0. The van der Waals surface area contributed by atoms with E-state index >= 15 is 0 Å². The largest absolute Gasteiger partial charge is 0.444 e. The van der Waals surface area contributed by atoms with E-state index in [0.29, 0.717) is 12.1 Å². The molecule has 0 radical (unpaired) electrons. The first-order chi connectivity index (χ1) is 14.7. The summed E-state index contributed by atoms with van der Waals surface area (Å²) in [5.41, 5.74) is 2.86. The topological polar surface area (TPSA) is 96.1 Å². The number of alkyl carbamates (subject to hydrolysis) is 1. The number of carbonyl (C=O) groups excluding carboxylic acids is 2. The Hall–Kier alpha value is -3.35. The summed E-state index contributed by atoms with van der Waals surface area (Å²) in [7, 11) is 0. The number of nitrogens with one attached hydrogen (secondary N) is 3. The van der Waals surface area contributed by atoms with Crippen LogP contribution in [-0.4, -0.2) is 33.8 Å². The van der Waals surface area contributed by atoms with Gasteiger partial charge < -0.3 is 15.4 Å². The molecule has 1 atom stereocenters. The summed E-state index contributed by atoms with van der Waals surface area (Å²) in [6, 6.07) is 6.69. The van der Waals surface area contributed by atoms with Crippen molar-refractivity contribution in [2.45, 2.75) is 59.1 Å². The minimum absolute atomic E-state index is 0.310. The van der Waals surface area contributed by atoms with Gasteiger partial charge in [0.1, 0.15) is 11.6 Å². The van der Waals surface area contributed by atoms with Crippen molar-refractivity contribution < 1.29 is 14.3 Å². The molecule has 31 heavy (non-hydrogen) atoms. The van der Waals surface area contributed by atoms with Crippen molar-refractivity contribution in [2.24, 2.45) is 0 Å². The van der Waals surface area contributed by atoms with Gasteiger partial charge in [0.25, 0.3) is 0 Å². The van der Waals surface area contributed by atoms with Crippen LogP contribution in [0.25, 0.3) is 11.1 Å². The molecule has 1 aromatic carbocycles. The van der Waals surface area contributed by atoms with Gasteiger partial charge in [-0.3, -0.25) is 9.89 Å². The Kier molecular flexibility index (Phi) is 8.61. The van der Waals surface area contributed by atoms with Gasteiger partial charge in [-0.05, 0) is 58.2 Å². The molecule has 0 spiro atoms. The van der Waals surface area contributed by atoms with Gasteiger partial charge in [-0.2, -0.15) is 5.10 Å². The SMILES string of the molecule is C/C=C\C=C(/CC)CC(NC(=O)OC(C)(C)C)C(=O)Nc1cccc(-c2cn[nH]c2)c1. The number of hydrogen-bond acceptors (Lipinski definition) is 4. The van der Waals surface area contributed by atoms with Crippen LogP contribution in [0.15, 0.2) is 60.5 Å². The van der Waals surface area contributed by atoms with Crippen LogP contribution in [0.3, 0.4) is 0 Å². The molecule has 0 fully saturated rings. The lowest BCUT2D eigenvalue weighted by molar-refractivity contribution is -0.118. The molecule has 0 saturated carbocycles. The zero-order valence-electron chi connectivity index (χ0n) is 18.9. The second-order valence-electron chi connectivity index (χ2n) is 8.16. The average Bonchev–Trinajstić information content (AvgIpc) is 3.24. The number of aromatic nitrogens is 2. The summed E-state index contributed by atoms with van der Waals surface area (Å²) in [5, 5.41) is 12.4. The summed E-state index contributed by atoms with van der Waals surface area (Å²) in [4.78, 5) is 25.5. The Morgan fingerprint density at radius 2 is 2.03 bits per heavy atom. The second kappa shape index (κ2) is 11.2. The minimum atomic E-state index is -0.774. The Balaban J connectivity index is 2.20. The first kappa shape index (κ1) is 23.9. The lowest BCUT2D eigenvalue weighted by Gasteiger charge is -2.24. The minimum Gasteiger partial charge on any atom is -0.444 e. The third-order valence-corrected chi connectivity index (χ3v) is 4.41. The van der Waals surface area contributed by atoms with Gasteiger partial charge in [-0.15, -0.1) is 0 Å². The van der Waals surface area contributed by atoms with Crippen LogP contribution >= 0.6 is 0 Å². The fourth-order valence-corrected chi connectivity index (χ4v) is 2.90. The van der Waals surface area contributed by atoms with E-state index in [1.54, 1.807) is 33.2 Å². The fraction of sp³-hybridized carbons (Fsp3) is 0.375. The van der Waals surface area contributed by atoms with Crippen molar-refractivity contribution in [2.75, 3.05) is 5.32 Å². The van der Waals surface area contributed by atoms with E-state index in [2.05, 4.69) is 20.8 Å². The molecule has 2 aromatic rings. The zero-order chi connectivity index (χ0) is 22.9. The van der Waals surface area contributed by atoms with Crippen molar-refractivity contribution in [1.29, 1.82) is 0 Å². The third-order valence-electron chi connectivity index (χ3n) is 4.41. The first-order valence-corrected chi connectivity index (χ1v) is 10.4. The maximum Gasteiger partial charge on any atom is 0.408 e. The van der Waals surface area contributed by atoms with E-state index in [9.17, 15) is 9.59 Å². The van der Waals surface area contributed by atoms with Crippen molar-refractivity contribution in [3.8, 4) is 11.1 Å². The smallest absolute Gasteiger partial charge is 0.408 e. The number of carbonyl (C=O) groups is 2. The fourth-order valence-electron chi connectivity index (χ4n) is 2.90. The second-order valence-corrected chi connectivity index (χ2v) is 8.16. The molecule has 1 heterocycles. The van der Waals surface area contributed by atoms with Crippen LogP contribution in [0.4, 0.5) is 10.5 Å². The molecule has 1 unspecified atom stereocenters. The Morgan fingerprint density at radius 1 is 1.26 bits per heavy atom. The maximum absolute atomic E-state index is 13.1. The highest BCUT2D eigenvalue weighted by Gasteiger charge is 2.25. The summed E-state index contributed by atoms with van der Waals surface area (Å²) >= 11 is 0. The highest BCUT2D eigenvalue weighted by atomic mass is 16.6. The van der Waals surface area contributed by atoms with Crippen LogP contribution in [-0.2, 0) is 9.53 Å². The zero-order valence-corrected chi connectivity index (χ0v) is 18.9. The van der Waals surface area contributed by atoms with Crippen LogP contribution < -0.4 is 10.6 Å². The number of benzene rings is 1. The van der Waals surface area contributed by atoms with E-state index in [1.807, 2.05) is 56.3 Å². The molecule has 0 bridgehead atoms. The highest BCUT2D eigenvalue weighted by molar-refractivity contribution is 5.97. The first-order valence-electron chi connectivity index (χ1n) is 10.4. The molecule has 0 saturated heterocycles. The van der Waals surface area contributed by atoms with Crippen LogP contribution in [0.5, 0.6) is 0 Å². The van der Waals surface area contributed by atoms with E-state index < -0.39 is 17.7 Å². The van der Waals surface area contributed by atoms with E-state index in [0.717, 1.165) is 23.1 Å². The van der Waals surface area contributed by atoms with E-state index in [-0.39, 0.29) is 5.91 Å². The Bertz CT molecular complexity index is 925. The number of allylic oxidation sites excluding steroid dienone is 3. The number of aromatic amines is 1. The Morgan fingerprint density at radius 3 is 2.65 bits per heavy atom. The molecule has 2 rings (SSSR count). The van der Waals surface area contributed by atoms with Crippen LogP contribution in [0.2, 0.25) is 0 Å².